The van der Waals surface area contributed by atoms with Gasteiger partial charge in [-0.25, -0.2) is 9.78 Å². The Labute approximate surface area is 149 Å². The molecule has 2 heterocycles. The van der Waals surface area contributed by atoms with E-state index in [-0.39, 0.29) is 18.7 Å². The van der Waals surface area contributed by atoms with Gasteiger partial charge in [-0.15, -0.1) is 11.3 Å². The van der Waals surface area contributed by atoms with Gasteiger partial charge in [-0.05, 0) is 25.8 Å². The summed E-state index contributed by atoms with van der Waals surface area (Å²) < 4.78 is 11.3. The normalized spacial score (nSPS) is 10.8. The van der Waals surface area contributed by atoms with Gasteiger partial charge in [0.05, 0.1) is 24.9 Å². The average Bonchev–Trinajstić information content (AvgIpc) is 2.92. The van der Waals surface area contributed by atoms with Crippen LogP contribution in [0.4, 0.5) is 0 Å². The first-order valence-electron chi connectivity index (χ1n) is 8.30. The van der Waals surface area contributed by atoms with E-state index in [1.807, 2.05) is 0 Å². The first-order valence-corrected chi connectivity index (χ1v) is 9.12. The van der Waals surface area contributed by atoms with Crippen LogP contribution in [0.2, 0.25) is 0 Å². The van der Waals surface area contributed by atoms with Crippen molar-refractivity contribution in [1.29, 1.82) is 0 Å². The second-order valence-electron chi connectivity index (χ2n) is 5.56. The van der Waals surface area contributed by atoms with Gasteiger partial charge in [-0.1, -0.05) is 19.8 Å². The van der Waals surface area contributed by atoms with Crippen molar-refractivity contribution in [1.82, 2.24) is 9.55 Å². The smallest absolute Gasteiger partial charge is 0.348 e. The van der Waals surface area contributed by atoms with Crippen molar-refractivity contribution in [2.24, 2.45) is 0 Å². The van der Waals surface area contributed by atoms with E-state index in [0.717, 1.165) is 30.6 Å². The molecule has 0 aliphatic carbocycles. The van der Waals surface area contributed by atoms with E-state index in [4.69, 9.17) is 9.47 Å². The van der Waals surface area contributed by atoms with Crippen molar-refractivity contribution in [3.05, 3.63) is 27.1 Å². The molecule has 0 bridgehead atoms. The highest BCUT2D eigenvalue weighted by atomic mass is 32.1. The average molecular weight is 366 g/mol. The molecule has 0 aromatic carbocycles. The van der Waals surface area contributed by atoms with E-state index in [1.165, 1.54) is 10.9 Å². The topological polar surface area (TPSA) is 87.5 Å². The summed E-state index contributed by atoms with van der Waals surface area (Å²) in [5.74, 6) is -0.942. The number of carbonyl (C=O) groups is 2. The van der Waals surface area contributed by atoms with Gasteiger partial charge in [0, 0.05) is 0 Å². The molecular formula is C17H22N2O5S. The van der Waals surface area contributed by atoms with Crippen molar-refractivity contribution >= 4 is 33.5 Å². The highest BCUT2D eigenvalue weighted by Crippen LogP contribution is 2.27. The molecule has 2 aromatic rings. The maximum Gasteiger partial charge on any atom is 0.348 e. The number of aryl methyl sites for hydroxylation is 1. The summed E-state index contributed by atoms with van der Waals surface area (Å²) in [7, 11) is 0. The number of hydrogen-bond donors (Lipinski definition) is 0. The van der Waals surface area contributed by atoms with E-state index in [9.17, 15) is 14.4 Å². The minimum Gasteiger partial charge on any atom is -0.464 e. The van der Waals surface area contributed by atoms with Gasteiger partial charge >= 0.3 is 11.9 Å². The minimum atomic E-state index is -0.474. The van der Waals surface area contributed by atoms with Gasteiger partial charge in [0.1, 0.15) is 16.3 Å². The van der Waals surface area contributed by atoms with E-state index < -0.39 is 11.9 Å². The molecular weight excluding hydrogens is 344 g/mol. The molecule has 2 aromatic heterocycles. The Balaban J connectivity index is 2.21. The van der Waals surface area contributed by atoms with Gasteiger partial charge in [-0.2, -0.15) is 0 Å². The molecule has 0 saturated carbocycles. The summed E-state index contributed by atoms with van der Waals surface area (Å²) in [6.45, 7) is 5.88. The molecule has 0 N–H and O–H groups in total. The van der Waals surface area contributed by atoms with E-state index in [1.54, 1.807) is 13.8 Å². The SMILES string of the molecule is CCCCCOC(=O)Cn1cnc2sc(C(=O)OCC)c(C)c2c1=O. The molecule has 0 unspecified atom stereocenters. The van der Waals surface area contributed by atoms with Crippen molar-refractivity contribution < 1.29 is 19.1 Å². The molecule has 2 rings (SSSR count). The molecule has 8 heteroatoms. The summed E-state index contributed by atoms with van der Waals surface area (Å²) in [4.78, 5) is 41.5. The maximum absolute atomic E-state index is 12.6. The third-order valence-electron chi connectivity index (χ3n) is 3.69. The van der Waals surface area contributed by atoms with E-state index in [0.29, 0.717) is 27.3 Å². The first kappa shape index (κ1) is 19.1. The fourth-order valence-electron chi connectivity index (χ4n) is 2.39. The lowest BCUT2D eigenvalue weighted by molar-refractivity contribution is -0.144. The highest BCUT2D eigenvalue weighted by Gasteiger charge is 2.20. The Kier molecular flexibility index (Phi) is 6.69. The molecule has 25 heavy (non-hydrogen) atoms. The molecule has 7 nitrogen and oxygen atoms in total. The summed E-state index contributed by atoms with van der Waals surface area (Å²) in [6, 6.07) is 0. The van der Waals surface area contributed by atoms with E-state index in [2.05, 4.69) is 11.9 Å². The molecule has 0 aliphatic rings. The summed E-state index contributed by atoms with van der Waals surface area (Å²) in [6.07, 6.45) is 4.15. The number of rotatable bonds is 8. The zero-order chi connectivity index (χ0) is 18.4. The highest BCUT2D eigenvalue weighted by molar-refractivity contribution is 7.20. The quantitative estimate of drug-likeness (QED) is 0.527. The number of unbranched alkanes of at least 4 members (excludes halogenated alkanes) is 2. The Bertz CT molecular complexity index is 824. The largest absolute Gasteiger partial charge is 0.464 e. The number of aromatic nitrogens is 2. The molecule has 0 fully saturated rings. The predicted molar refractivity (Wildman–Crippen MR) is 95.1 cm³/mol. The summed E-state index contributed by atoms with van der Waals surface area (Å²) in [5.41, 5.74) is 0.168. The van der Waals surface area contributed by atoms with Crippen LogP contribution in [0.5, 0.6) is 0 Å². The van der Waals surface area contributed by atoms with Crippen molar-refractivity contribution in [3.63, 3.8) is 0 Å². The van der Waals surface area contributed by atoms with Crippen LogP contribution in [-0.4, -0.2) is 34.7 Å². The summed E-state index contributed by atoms with van der Waals surface area (Å²) in [5, 5.41) is 0.342. The monoisotopic (exact) mass is 366 g/mol. The number of fused-ring (bicyclic) bond motifs is 1. The lowest BCUT2D eigenvalue weighted by atomic mass is 10.2. The lowest BCUT2D eigenvalue weighted by Crippen LogP contribution is -2.25. The summed E-state index contributed by atoms with van der Waals surface area (Å²) >= 11 is 1.12. The Morgan fingerprint density at radius 2 is 2.00 bits per heavy atom. The van der Waals surface area contributed by atoms with Crippen LogP contribution >= 0.6 is 11.3 Å². The van der Waals surface area contributed by atoms with Gasteiger partial charge in [0.25, 0.3) is 5.56 Å². The van der Waals surface area contributed by atoms with Gasteiger partial charge < -0.3 is 9.47 Å². The zero-order valence-corrected chi connectivity index (χ0v) is 15.5. The maximum atomic E-state index is 12.6. The van der Waals surface area contributed by atoms with Crippen LogP contribution in [0.15, 0.2) is 11.1 Å². The van der Waals surface area contributed by atoms with E-state index >= 15 is 0 Å². The van der Waals surface area contributed by atoms with Crippen LogP contribution < -0.4 is 5.56 Å². The van der Waals surface area contributed by atoms with Crippen LogP contribution in [0, 0.1) is 6.92 Å². The molecule has 0 amide bonds. The number of carbonyl (C=O) groups excluding carboxylic acids is 2. The first-order chi connectivity index (χ1) is 12.0. The Morgan fingerprint density at radius 3 is 2.68 bits per heavy atom. The van der Waals surface area contributed by atoms with Crippen LogP contribution in [0.3, 0.4) is 0 Å². The Hall–Kier alpha value is -2.22. The third kappa shape index (κ3) is 4.45. The standard InChI is InChI=1S/C17H22N2O5S/c1-4-6-7-8-24-12(20)9-19-10-18-15-13(16(19)21)11(3)14(25-15)17(22)23-5-2/h10H,4-9H2,1-3H3. The van der Waals surface area contributed by atoms with Crippen LogP contribution in [0.1, 0.15) is 48.3 Å². The van der Waals surface area contributed by atoms with Gasteiger partial charge in [0.15, 0.2) is 0 Å². The fraction of sp³-hybridized carbons (Fsp3) is 0.529. The van der Waals surface area contributed by atoms with Gasteiger partial charge in [0.2, 0.25) is 0 Å². The second kappa shape index (κ2) is 8.75. The molecule has 0 spiro atoms. The number of ether oxygens (including phenoxy) is 2. The third-order valence-corrected chi connectivity index (χ3v) is 4.87. The molecule has 136 valence electrons. The minimum absolute atomic E-state index is 0.197. The van der Waals surface area contributed by atoms with Crippen LogP contribution in [-0.2, 0) is 20.8 Å². The number of esters is 2. The predicted octanol–water partition coefficient (Wildman–Crippen LogP) is 2.68. The number of nitrogens with zero attached hydrogens (tertiary/aromatic N) is 2. The second-order valence-corrected chi connectivity index (χ2v) is 6.56. The molecule has 0 saturated heterocycles. The fourth-order valence-corrected chi connectivity index (χ4v) is 3.42. The van der Waals surface area contributed by atoms with Crippen LogP contribution in [0.25, 0.3) is 10.2 Å². The number of hydrogen-bond acceptors (Lipinski definition) is 7. The van der Waals surface area contributed by atoms with Crippen molar-refractivity contribution in [3.8, 4) is 0 Å². The number of thiophene rings is 1. The van der Waals surface area contributed by atoms with Crippen molar-refractivity contribution in [2.45, 2.75) is 46.6 Å². The zero-order valence-electron chi connectivity index (χ0n) is 14.7. The molecule has 0 radical (unpaired) electrons. The van der Waals surface area contributed by atoms with Crippen molar-refractivity contribution in [2.75, 3.05) is 13.2 Å². The Morgan fingerprint density at radius 1 is 1.24 bits per heavy atom. The molecule has 0 aliphatic heterocycles. The lowest BCUT2D eigenvalue weighted by Gasteiger charge is -2.06. The molecule has 0 atom stereocenters. The van der Waals surface area contributed by atoms with Gasteiger partial charge in [-0.3, -0.25) is 14.2 Å².